The van der Waals surface area contributed by atoms with Crippen LogP contribution in [0.5, 0.6) is 5.75 Å². The molecule has 1 unspecified atom stereocenters. The molecule has 0 spiro atoms. The lowest BCUT2D eigenvalue weighted by Gasteiger charge is -2.36. The zero-order chi connectivity index (χ0) is 16.1. The zero-order valence-corrected chi connectivity index (χ0v) is 13.2. The Morgan fingerprint density at radius 2 is 2.09 bits per heavy atom. The Morgan fingerprint density at radius 1 is 1.32 bits per heavy atom. The highest BCUT2D eigenvalue weighted by atomic mass is 16.3. The van der Waals surface area contributed by atoms with E-state index >= 15 is 0 Å². The van der Waals surface area contributed by atoms with Crippen molar-refractivity contribution in [2.45, 2.75) is 58.3 Å². The van der Waals surface area contributed by atoms with Gasteiger partial charge >= 0.3 is 0 Å². The van der Waals surface area contributed by atoms with E-state index < -0.39 is 5.43 Å². The second-order valence-corrected chi connectivity index (χ2v) is 5.86. The van der Waals surface area contributed by atoms with Crippen LogP contribution in [-0.2, 0) is 19.7 Å². The van der Waals surface area contributed by atoms with Gasteiger partial charge in [0, 0.05) is 30.9 Å². The lowest BCUT2D eigenvalue weighted by atomic mass is 9.99. The number of hydrogen-bond donors (Lipinski definition) is 3. The van der Waals surface area contributed by atoms with Crippen LogP contribution in [0.2, 0.25) is 0 Å². The summed E-state index contributed by atoms with van der Waals surface area (Å²) >= 11 is 0. The SMILES string of the molecule is CCC1CCCCN1Cc1c(O)c(=O)cc(CO)n1CCO. The monoisotopic (exact) mass is 310 g/mol. The summed E-state index contributed by atoms with van der Waals surface area (Å²) in [4.78, 5) is 14.2. The minimum atomic E-state index is -0.474. The number of pyridine rings is 1. The minimum absolute atomic E-state index is 0.112. The maximum absolute atomic E-state index is 11.9. The molecule has 124 valence electrons. The summed E-state index contributed by atoms with van der Waals surface area (Å²) < 4.78 is 1.66. The molecular weight excluding hydrogens is 284 g/mol. The molecule has 1 aromatic rings. The Labute approximate surface area is 130 Å². The van der Waals surface area contributed by atoms with E-state index in [-0.39, 0.29) is 25.5 Å². The largest absolute Gasteiger partial charge is 0.503 e. The quantitative estimate of drug-likeness (QED) is 0.724. The van der Waals surface area contributed by atoms with Gasteiger partial charge in [0.1, 0.15) is 0 Å². The number of hydrogen-bond acceptors (Lipinski definition) is 5. The van der Waals surface area contributed by atoms with Gasteiger partial charge in [-0.05, 0) is 25.8 Å². The highest BCUT2D eigenvalue weighted by Gasteiger charge is 2.24. The molecule has 6 heteroatoms. The number of aliphatic hydroxyl groups excluding tert-OH is 2. The van der Waals surface area contributed by atoms with Crippen LogP contribution < -0.4 is 5.43 Å². The smallest absolute Gasteiger partial charge is 0.223 e. The van der Waals surface area contributed by atoms with E-state index in [0.29, 0.717) is 24.0 Å². The molecule has 1 aliphatic rings. The maximum Gasteiger partial charge on any atom is 0.223 e. The number of aromatic hydroxyl groups is 1. The molecule has 1 fully saturated rings. The van der Waals surface area contributed by atoms with Gasteiger partial charge in [0.25, 0.3) is 0 Å². The number of rotatable bonds is 6. The van der Waals surface area contributed by atoms with Crippen LogP contribution in [0.1, 0.15) is 44.0 Å². The molecule has 3 N–H and O–H groups in total. The molecule has 0 amide bonds. The Kier molecular flexibility index (Phi) is 5.99. The fourth-order valence-corrected chi connectivity index (χ4v) is 3.33. The van der Waals surface area contributed by atoms with Gasteiger partial charge < -0.3 is 19.9 Å². The van der Waals surface area contributed by atoms with E-state index in [0.717, 1.165) is 25.8 Å². The zero-order valence-electron chi connectivity index (χ0n) is 13.2. The first-order valence-corrected chi connectivity index (χ1v) is 8.02. The Hall–Kier alpha value is -1.37. The van der Waals surface area contributed by atoms with Crippen LogP contribution in [0.3, 0.4) is 0 Å². The summed E-state index contributed by atoms with van der Waals surface area (Å²) in [5, 5.41) is 28.9. The molecule has 2 rings (SSSR count). The number of likely N-dealkylation sites (tertiary alicyclic amines) is 1. The van der Waals surface area contributed by atoms with Gasteiger partial charge in [0.05, 0.1) is 18.9 Å². The van der Waals surface area contributed by atoms with Crippen molar-refractivity contribution in [3.8, 4) is 5.75 Å². The maximum atomic E-state index is 11.9. The van der Waals surface area contributed by atoms with Crippen molar-refractivity contribution < 1.29 is 15.3 Å². The van der Waals surface area contributed by atoms with E-state index in [9.17, 15) is 20.1 Å². The predicted octanol–water partition coefficient (Wildman–Crippen LogP) is 0.803. The fraction of sp³-hybridized carbons (Fsp3) is 0.688. The van der Waals surface area contributed by atoms with Gasteiger partial charge in [-0.25, -0.2) is 0 Å². The minimum Gasteiger partial charge on any atom is -0.503 e. The van der Waals surface area contributed by atoms with Crippen molar-refractivity contribution in [3.05, 3.63) is 27.7 Å². The third-order valence-corrected chi connectivity index (χ3v) is 4.54. The molecule has 2 heterocycles. The van der Waals surface area contributed by atoms with Gasteiger partial charge in [-0.3, -0.25) is 9.69 Å². The Morgan fingerprint density at radius 3 is 2.73 bits per heavy atom. The summed E-state index contributed by atoms with van der Waals surface area (Å²) in [6.07, 6.45) is 4.48. The molecule has 1 saturated heterocycles. The molecule has 0 aliphatic carbocycles. The van der Waals surface area contributed by atoms with Crippen molar-refractivity contribution in [2.24, 2.45) is 0 Å². The third kappa shape index (κ3) is 3.51. The van der Waals surface area contributed by atoms with Crippen LogP contribution in [0, 0.1) is 0 Å². The Bertz CT molecular complexity index is 556. The number of piperidine rings is 1. The summed E-state index contributed by atoms with van der Waals surface area (Å²) in [6, 6.07) is 1.69. The van der Waals surface area contributed by atoms with Crippen LogP contribution >= 0.6 is 0 Å². The molecule has 6 nitrogen and oxygen atoms in total. The molecule has 22 heavy (non-hydrogen) atoms. The first-order valence-electron chi connectivity index (χ1n) is 8.02. The second-order valence-electron chi connectivity index (χ2n) is 5.86. The van der Waals surface area contributed by atoms with Crippen molar-refractivity contribution in [3.63, 3.8) is 0 Å². The average Bonchev–Trinajstić information content (AvgIpc) is 2.54. The topological polar surface area (TPSA) is 85.9 Å². The highest BCUT2D eigenvalue weighted by molar-refractivity contribution is 5.30. The highest BCUT2D eigenvalue weighted by Crippen LogP contribution is 2.24. The molecule has 1 atom stereocenters. The average molecular weight is 310 g/mol. The summed E-state index contributed by atoms with van der Waals surface area (Å²) in [6.45, 7) is 3.40. The van der Waals surface area contributed by atoms with E-state index in [1.165, 1.54) is 12.5 Å². The molecule has 0 saturated carbocycles. The van der Waals surface area contributed by atoms with Crippen molar-refractivity contribution in [1.82, 2.24) is 9.47 Å². The van der Waals surface area contributed by atoms with Gasteiger partial charge in [-0.1, -0.05) is 13.3 Å². The first kappa shape index (κ1) is 17.0. The van der Waals surface area contributed by atoms with Gasteiger partial charge in [0.15, 0.2) is 5.75 Å². The lowest BCUT2D eigenvalue weighted by molar-refractivity contribution is 0.129. The number of aliphatic hydroxyl groups is 2. The summed E-state index contributed by atoms with van der Waals surface area (Å²) in [5.41, 5.74) is 0.446. The van der Waals surface area contributed by atoms with E-state index in [1.54, 1.807) is 4.57 Å². The Balaban J connectivity index is 2.39. The van der Waals surface area contributed by atoms with Gasteiger partial charge in [0.2, 0.25) is 5.43 Å². The second kappa shape index (κ2) is 7.76. The van der Waals surface area contributed by atoms with Crippen LogP contribution in [-0.4, -0.2) is 44.0 Å². The van der Waals surface area contributed by atoms with Crippen LogP contribution in [0.25, 0.3) is 0 Å². The first-order chi connectivity index (χ1) is 10.6. The molecule has 0 bridgehead atoms. The number of aromatic nitrogens is 1. The van der Waals surface area contributed by atoms with Gasteiger partial charge in [-0.2, -0.15) is 0 Å². The van der Waals surface area contributed by atoms with Crippen molar-refractivity contribution in [1.29, 1.82) is 0 Å². The standard InChI is InChI=1S/C16H26N2O4/c1-2-12-5-3-4-6-17(12)10-14-16(22)15(21)9-13(11-20)18(14)7-8-19/h9,12,19-20,22H,2-8,10-11H2,1H3. The predicted molar refractivity (Wildman–Crippen MR) is 83.7 cm³/mol. The van der Waals surface area contributed by atoms with E-state index in [2.05, 4.69) is 11.8 Å². The summed E-state index contributed by atoms with van der Waals surface area (Å²) in [5.74, 6) is -0.272. The van der Waals surface area contributed by atoms with Gasteiger partial charge in [-0.15, -0.1) is 0 Å². The molecular formula is C16H26N2O4. The number of nitrogens with zero attached hydrogens (tertiary/aromatic N) is 2. The summed E-state index contributed by atoms with van der Waals surface area (Å²) in [7, 11) is 0. The molecule has 0 radical (unpaired) electrons. The van der Waals surface area contributed by atoms with Crippen LogP contribution in [0.4, 0.5) is 0 Å². The lowest BCUT2D eigenvalue weighted by Crippen LogP contribution is -2.39. The van der Waals surface area contributed by atoms with E-state index in [1.807, 2.05) is 0 Å². The van der Waals surface area contributed by atoms with Crippen molar-refractivity contribution >= 4 is 0 Å². The van der Waals surface area contributed by atoms with Crippen LogP contribution in [0.15, 0.2) is 10.9 Å². The molecule has 0 aromatic carbocycles. The van der Waals surface area contributed by atoms with Crippen molar-refractivity contribution in [2.75, 3.05) is 13.2 Å². The normalized spacial score (nSPS) is 19.5. The molecule has 1 aliphatic heterocycles. The molecule has 1 aromatic heterocycles. The van der Waals surface area contributed by atoms with E-state index in [4.69, 9.17) is 0 Å². The third-order valence-electron chi connectivity index (χ3n) is 4.54. The fourth-order valence-electron chi connectivity index (χ4n) is 3.33.